The van der Waals surface area contributed by atoms with Crippen LogP contribution in [0.5, 0.6) is 0 Å². The summed E-state index contributed by atoms with van der Waals surface area (Å²) in [5.74, 6) is -0.695. The fourth-order valence-electron chi connectivity index (χ4n) is 2.71. The van der Waals surface area contributed by atoms with E-state index in [1.165, 1.54) is 0 Å². The molecular formula is C19H22N2O3. The summed E-state index contributed by atoms with van der Waals surface area (Å²) in [5, 5.41) is 12.0. The van der Waals surface area contributed by atoms with Crippen molar-refractivity contribution in [3.8, 4) is 6.07 Å². The number of hydrogen-bond acceptors (Lipinski definition) is 4. The Morgan fingerprint density at radius 2 is 2.00 bits per heavy atom. The highest BCUT2D eigenvalue weighted by atomic mass is 16.5. The van der Waals surface area contributed by atoms with E-state index in [-0.39, 0.29) is 17.2 Å². The maximum atomic E-state index is 12.3. The molecule has 0 spiro atoms. The summed E-state index contributed by atoms with van der Waals surface area (Å²) in [7, 11) is 0. The van der Waals surface area contributed by atoms with Crippen LogP contribution >= 0.6 is 0 Å². The molecule has 1 unspecified atom stereocenters. The number of nitrogens with zero attached hydrogens (tertiary/aromatic N) is 1. The molecule has 0 bridgehead atoms. The zero-order valence-corrected chi connectivity index (χ0v) is 14.1. The van der Waals surface area contributed by atoms with E-state index in [0.717, 1.165) is 25.7 Å². The highest BCUT2D eigenvalue weighted by Gasteiger charge is 2.29. The number of nitrogens with one attached hydrogen (secondary N) is 1. The smallest absolute Gasteiger partial charge is 0.351 e. The van der Waals surface area contributed by atoms with Gasteiger partial charge in [-0.05, 0) is 18.4 Å². The minimum atomic E-state index is -0.681. The molecule has 0 saturated heterocycles. The van der Waals surface area contributed by atoms with Gasteiger partial charge >= 0.3 is 5.97 Å². The van der Waals surface area contributed by atoms with E-state index >= 15 is 0 Å². The number of benzene rings is 1. The van der Waals surface area contributed by atoms with Gasteiger partial charge in [0, 0.05) is 11.1 Å². The Kier molecular flexibility index (Phi) is 6.14. The monoisotopic (exact) mass is 326 g/mol. The molecule has 2 rings (SSSR count). The van der Waals surface area contributed by atoms with Crippen molar-refractivity contribution in [1.29, 1.82) is 5.26 Å². The second kappa shape index (κ2) is 8.30. The topological polar surface area (TPSA) is 79.2 Å². The van der Waals surface area contributed by atoms with E-state index in [0.29, 0.717) is 23.7 Å². The van der Waals surface area contributed by atoms with Crippen LogP contribution in [0, 0.1) is 17.2 Å². The Bertz CT molecular complexity index is 701. The number of amides is 1. The number of ether oxygens (including phenoxy) is 1. The standard InChI is InChI=1S/C19H22N2O3/c1-3-5-8-13(4-2)12-24-19(23)16(11-20)17-14-9-6-7-10-15(14)18(22)21-17/h6-7,9-10,13H,3-5,8,12H2,1-2H3,(H,21,22). The first-order valence-electron chi connectivity index (χ1n) is 8.34. The molecule has 126 valence electrons. The fraction of sp³-hybridized carbons (Fsp3) is 0.421. The van der Waals surface area contributed by atoms with Crippen LogP contribution in [0.15, 0.2) is 29.8 Å². The summed E-state index contributed by atoms with van der Waals surface area (Å²) in [6.07, 6.45) is 4.11. The molecule has 0 aliphatic carbocycles. The van der Waals surface area contributed by atoms with Crippen LogP contribution in [0.1, 0.15) is 55.5 Å². The molecule has 1 aliphatic heterocycles. The summed E-state index contributed by atoms with van der Waals surface area (Å²) in [6, 6.07) is 8.76. The van der Waals surface area contributed by atoms with Crippen LogP contribution in [0.3, 0.4) is 0 Å². The van der Waals surface area contributed by atoms with Crippen LogP contribution in [0.2, 0.25) is 0 Å². The van der Waals surface area contributed by atoms with Crippen LogP contribution in [-0.2, 0) is 9.53 Å². The number of hydrogen-bond donors (Lipinski definition) is 1. The average Bonchev–Trinajstić information content (AvgIpc) is 2.93. The fourth-order valence-corrected chi connectivity index (χ4v) is 2.71. The minimum absolute atomic E-state index is 0.154. The third kappa shape index (κ3) is 3.83. The Morgan fingerprint density at radius 3 is 2.62 bits per heavy atom. The van der Waals surface area contributed by atoms with Gasteiger partial charge in [-0.3, -0.25) is 4.79 Å². The van der Waals surface area contributed by atoms with Gasteiger partial charge in [0.2, 0.25) is 0 Å². The normalized spacial score (nSPS) is 16.0. The zero-order valence-electron chi connectivity index (χ0n) is 14.1. The number of esters is 1. The lowest BCUT2D eigenvalue weighted by molar-refractivity contribution is -0.139. The van der Waals surface area contributed by atoms with Crippen LogP contribution < -0.4 is 5.32 Å². The highest BCUT2D eigenvalue weighted by Crippen LogP contribution is 2.27. The lowest BCUT2D eigenvalue weighted by Gasteiger charge is -2.14. The van der Waals surface area contributed by atoms with E-state index < -0.39 is 5.97 Å². The second-order valence-corrected chi connectivity index (χ2v) is 5.88. The first-order valence-corrected chi connectivity index (χ1v) is 8.34. The number of unbranched alkanes of at least 4 members (excludes halogenated alkanes) is 1. The maximum Gasteiger partial charge on any atom is 0.351 e. The molecule has 1 N–H and O–H groups in total. The molecule has 1 atom stereocenters. The van der Waals surface area contributed by atoms with Gasteiger partial charge in [-0.15, -0.1) is 0 Å². The minimum Gasteiger partial charge on any atom is -0.461 e. The summed E-state index contributed by atoms with van der Waals surface area (Å²) in [4.78, 5) is 24.3. The van der Waals surface area contributed by atoms with Crippen molar-refractivity contribution in [2.45, 2.75) is 39.5 Å². The van der Waals surface area contributed by atoms with Gasteiger partial charge in [-0.1, -0.05) is 51.3 Å². The summed E-state index contributed by atoms with van der Waals surface area (Å²) in [5.41, 5.74) is 1.11. The molecule has 1 aliphatic rings. The molecule has 24 heavy (non-hydrogen) atoms. The molecule has 1 aromatic carbocycles. The van der Waals surface area contributed by atoms with E-state index in [1.807, 2.05) is 6.07 Å². The van der Waals surface area contributed by atoms with Crippen molar-refractivity contribution in [3.05, 3.63) is 41.0 Å². The summed E-state index contributed by atoms with van der Waals surface area (Å²) < 4.78 is 5.34. The molecule has 0 aromatic heterocycles. The van der Waals surface area contributed by atoms with Gasteiger partial charge < -0.3 is 10.1 Å². The lowest BCUT2D eigenvalue weighted by atomic mass is 10.0. The Hall–Kier alpha value is -2.61. The molecule has 1 aromatic rings. The zero-order chi connectivity index (χ0) is 17.5. The van der Waals surface area contributed by atoms with E-state index in [2.05, 4.69) is 19.2 Å². The number of fused-ring (bicyclic) bond motifs is 1. The van der Waals surface area contributed by atoms with Crippen molar-refractivity contribution in [3.63, 3.8) is 0 Å². The number of carbonyl (C=O) groups excluding carboxylic acids is 2. The van der Waals surface area contributed by atoms with Crippen molar-refractivity contribution >= 4 is 17.6 Å². The first kappa shape index (κ1) is 17.7. The molecule has 0 saturated carbocycles. The Balaban J connectivity index is 2.16. The number of carbonyl (C=O) groups is 2. The largest absolute Gasteiger partial charge is 0.461 e. The maximum absolute atomic E-state index is 12.3. The Labute approximate surface area is 142 Å². The number of rotatable bonds is 7. The molecule has 1 heterocycles. The SMILES string of the molecule is CCCCC(CC)COC(=O)C(C#N)=C1NC(=O)c2ccccc21. The quantitative estimate of drug-likeness (QED) is 0.473. The van der Waals surface area contributed by atoms with Crippen LogP contribution in [0.4, 0.5) is 0 Å². The van der Waals surface area contributed by atoms with Gasteiger partial charge in [0.1, 0.15) is 6.07 Å². The van der Waals surface area contributed by atoms with Crippen LogP contribution in [0.25, 0.3) is 5.70 Å². The van der Waals surface area contributed by atoms with Crippen molar-refractivity contribution in [1.82, 2.24) is 5.32 Å². The van der Waals surface area contributed by atoms with Crippen LogP contribution in [-0.4, -0.2) is 18.5 Å². The van der Waals surface area contributed by atoms with Gasteiger partial charge in [-0.2, -0.15) is 5.26 Å². The highest BCUT2D eigenvalue weighted by molar-refractivity contribution is 6.14. The van der Waals surface area contributed by atoms with Crippen molar-refractivity contribution in [2.24, 2.45) is 5.92 Å². The predicted octanol–water partition coefficient (Wildman–Crippen LogP) is 3.42. The lowest BCUT2D eigenvalue weighted by Crippen LogP contribution is -2.19. The third-order valence-corrected chi connectivity index (χ3v) is 4.24. The average molecular weight is 326 g/mol. The van der Waals surface area contributed by atoms with Gasteiger partial charge in [0.25, 0.3) is 5.91 Å². The first-order chi connectivity index (χ1) is 11.6. The van der Waals surface area contributed by atoms with Crippen molar-refractivity contribution < 1.29 is 14.3 Å². The molecular weight excluding hydrogens is 304 g/mol. The molecule has 5 heteroatoms. The molecule has 0 radical (unpaired) electrons. The number of nitriles is 1. The summed E-state index contributed by atoms with van der Waals surface area (Å²) >= 11 is 0. The van der Waals surface area contributed by atoms with E-state index in [9.17, 15) is 14.9 Å². The molecule has 0 fully saturated rings. The third-order valence-electron chi connectivity index (χ3n) is 4.24. The van der Waals surface area contributed by atoms with E-state index in [1.54, 1.807) is 24.3 Å². The second-order valence-electron chi connectivity index (χ2n) is 5.88. The van der Waals surface area contributed by atoms with Gasteiger partial charge in [0.15, 0.2) is 5.57 Å². The predicted molar refractivity (Wildman–Crippen MR) is 90.7 cm³/mol. The van der Waals surface area contributed by atoms with Crippen molar-refractivity contribution in [2.75, 3.05) is 6.61 Å². The molecule has 1 amide bonds. The molecule has 5 nitrogen and oxygen atoms in total. The Morgan fingerprint density at radius 1 is 1.29 bits per heavy atom. The summed E-state index contributed by atoms with van der Waals surface area (Å²) in [6.45, 7) is 4.48. The van der Waals surface area contributed by atoms with E-state index in [4.69, 9.17) is 4.74 Å². The van der Waals surface area contributed by atoms with Gasteiger partial charge in [0.05, 0.1) is 12.3 Å². The van der Waals surface area contributed by atoms with Gasteiger partial charge in [-0.25, -0.2) is 4.79 Å².